The van der Waals surface area contributed by atoms with Gasteiger partial charge in [-0.25, -0.2) is 0 Å². The first-order chi connectivity index (χ1) is 5.27. The molecule has 1 aromatic heterocycles. The number of nitrogens with zero attached hydrogens (tertiary/aromatic N) is 2. The standard InChI is InChI=1S/C8H9N3.Na.2H2O/c1-5-3-7-8(4-6(5)2)10-11-9-7;;;/h3-4H,1-2H3,(H,9,10,11);;2*1H2/q;+1;;/p-1. The first kappa shape index (κ1) is 16.0. The number of aromatic amines is 1. The van der Waals surface area contributed by atoms with Crippen molar-refractivity contribution in [3.05, 3.63) is 23.3 Å². The van der Waals surface area contributed by atoms with Crippen LogP contribution in [0.4, 0.5) is 0 Å². The van der Waals surface area contributed by atoms with E-state index in [4.69, 9.17) is 0 Å². The van der Waals surface area contributed by atoms with E-state index in [1.54, 1.807) is 0 Å². The van der Waals surface area contributed by atoms with Gasteiger partial charge < -0.3 is 11.0 Å². The van der Waals surface area contributed by atoms with Crippen LogP contribution in [0.2, 0.25) is 0 Å². The van der Waals surface area contributed by atoms with Gasteiger partial charge in [0.05, 0.1) is 0 Å². The fourth-order valence-corrected chi connectivity index (χ4v) is 1.10. The van der Waals surface area contributed by atoms with Crippen LogP contribution in [0.1, 0.15) is 11.1 Å². The van der Waals surface area contributed by atoms with Crippen LogP contribution in [0.25, 0.3) is 11.0 Å². The second-order valence-corrected chi connectivity index (χ2v) is 2.75. The van der Waals surface area contributed by atoms with Crippen LogP contribution in [0.15, 0.2) is 12.1 Å². The smallest absolute Gasteiger partial charge is 0.870 e. The van der Waals surface area contributed by atoms with Gasteiger partial charge in [-0.2, -0.15) is 15.4 Å². The van der Waals surface area contributed by atoms with Crippen molar-refractivity contribution in [3.8, 4) is 0 Å². The summed E-state index contributed by atoms with van der Waals surface area (Å²) in [5.74, 6) is 0. The number of hydrogen-bond donors (Lipinski definition) is 1. The Bertz CT molecular complexity index is 366. The quantitative estimate of drug-likeness (QED) is 0.484. The third-order valence-electron chi connectivity index (χ3n) is 1.93. The van der Waals surface area contributed by atoms with Gasteiger partial charge in [0, 0.05) is 0 Å². The van der Waals surface area contributed by atoms with Gasteiger partial charge in [0.1, 0.15) is 11.0 Å². The normalized spacial score (nSPS) is 8.43. The predicted octanol–water partition coefficient (Wildman–Crippen LogP) is -2.42. The summed E-state index contributed by atoms with van der Waals surface area (Å²) in [6.07, 6.45) is 0. The Balaban J connectivity index is 0. The SMILES string of the molecule is Cc1cc2n[nH]nc2cc1C.O.[Na+].[OH-]. The second-order valence-electron chi connectivity index (χ2n) is 2.75. The minimum Gasteiger partial charge on any atom is -0.870 e. The Morgan fingerprint density at radius 2 is 1.36 bits per heavy atom. The van der Waals surface area contributed by atoms with Crippen molar-refractivity contribution in [2.45, 2.75) is 13.8 Å². The first-order valence-electron chi connectivity index (χ1n) is 3.55. The summed E-state index contributed by atoms with van der Waals surface area (Å²) in [6.45, 7) is 4.15. The summed E-state index contributed by atoms with van der Waals surface area (Å²) in [7, 11) is 0. The first-order valence-corrected chi connectivity index (χ1v) is 3.55. The van der Waals surface area contributed by atoms with Crippen molar-refractivity contribution < 1.29 is 40.5 Å². The van der Waals surface area contributed by atoms with Crippen LogP contribution in [0, 0.1) is 13.8 Å². The number of H-pyrrole nitrogens is 1. The topological polar surface area (TPSA) is 103 Å². The summed E-state index contributed by atoms with van der Waals surface area (Å²) in [5, 5.41) is 10.6. The zero-order valence-electron chi connectivity index (χ0n) is 8.50. The number of hydrogen-bond acceptors (Lipinski definition) is 3. The average molecular weight is 205 g/mol. The summed E-state index contributed by atoms with van der Waals surface area (Å²) in [6, 6.07) is 4.07. The van der Waals surface area contributed by atoms with E-state index in [2.05, 4.69) is 29.3 Å². The molecule has 72 valence electrons. The molecule has 0 unspecified atom stereocenters. The minimum absolute atomic E-state index is 0. The van der Waals surface area contributed by atoms with Crippen molar-refractivity contribution in [1.82, 2.24) is 15.4 Å². The monoisotopic (exact) mass is 205 g/mol. The molecule has 5 nitrogen and oxygen atoms in total. The molecule has 0 radical (unpaired) electrons. The van der Waals surface area contributed by atoms with Gasteiger partial charge in [-0.3, -0.25) is 0 Å². The van der Waals surface area contributed by atoms with Crippen molar-refractivity contribution >= 4 is 11.0 Å². The summed E-state index contributed by atoms with van der Waals surface area (Å²) >= 11 is 0. The molecule has 6 heteroatoms. The van der Waals surface area contributed by atoms with Gasteiger partial charge in [-0.15, -0.1) is 0 Å². The van der Waals surface area contributed by atoms with Crippen molar-refractivity contribution in [2.24, 2.45) is 0 Å². The van der Waals surface area contributed by atoms with Crippen LogP contribution in [0.5, 0.6) is 0 Å². The molecule has 0 aliphatic rings. The molecule has 0 saturated carbocycles. The zero-order chi connectivity index (χ0) is 7.84. The van der Waals surface area contributed by atoms with E-state index in [9.17, 15) is 0 Å². The maximum Gasteiger partial charge on any atom is 1.00 e. The fourth-order valence-electron chi connectivity index (χ4n) is 1.10. The van der Waals surface area contributed by atoms with Crippen molar-refractivity contribution in [2.75, 3.05) is 0 Å². The van der Waals surface area contributed by atoms with E-state index >= 15 is 0 Å². The van der Waals surface area contributed by atoms with Gasteiger partial charge in [-0.05, 0) is 37.1 Å². The Kier molecular flexibility index (Phi) is 6.97. The number of fused-ring (bicyclic) bond motifs is 1. The van der Waals surface area contributed by atoms with Gasteiger partial charge in [-0.1, -0.05) is 0 Å². The molecule has 0 spiro atoms. The third-order valence-corrected chi connectivity index (χ3v) is 1.93. The van der Waals surface area contributed by atoms with Crippen LogP contribution in [0.3, 0.4) is 0 Å². The summed E-state index contributed by atoms with van der Waals surface area (Å²) in [5.41, 5.74) is 4.39. The van der Waals surface area contributed by atoms with Crippen LogP contribution >= 0.6 is 0 Å². The fraction of sp³-hybridized carbons (Fsp3) is 0.250. The molecule has 1 heterocycles. The van der Waals surface area contributed by atoms with Crippen LogP contribution in [-0.2, 0) is 0 Å². The second kappa shape index (κ2) is 6.10. The molecule has 0 bridgehead atoms. The number of rotatable bonds is 0. The van der Waals surface area contributed by atoms with E-state index in [0.29, 0.717) is 0 Å². The third kappa shape index (κ3) is 2.76. The molecular formula is C8H12N3NaO2. The van der Waals surface area contributed by atoms with Gasteiger partial charge in [0.2, 0.25) is 0 Å². The molecule has 0 aliphatic heterocycles. The molecule has 14 heavy (non-hydrogen) atoms. The van der Waals surface area contributed by atoms with E-state index < -0.39 is 0 Å². The van der Waals surface area contributed by atoms with Gasteiger partial charge >= 0.3 is 29.6 Å². The number of nitrogens with one attached hydrogen (secondary N) is 1. The molecule has 0 saturated heterocycles. The summed E-state index contributed by atoms with van der Waals surface area (Å²) in [4.78, 5) is 0. The van der Waals surface area contributed by atoms with Crippen LogP contribution in [-0.4, -0.2) is 26.4 Å². The Labute approximate surface area is 104 Å². The molecule has 0 amide bonds. The molecule has 0 aliphatic carbocycles. The Morgan fingerprint density at radius 1 is 1.00 bits per heavy atom. The van der Waals surface area contributed by atoms with Gasteiger partial charge in [0.15, 0.2) is 0 Å². The van der Waals surface area contributed by atoms with Crippen molar-refractivity contribution in [1.29, 1.82) is 0 Å². The average Bonchev–Trinajstić information content (AvgIpc) is 2.36. The van der Waals surface area contributed by atoms with E-state index in [1.807, 2.05) is 12.1 Å². The Hall–Kier alpha value is -0.460. The minimum atomic E-state index is 0. The molecule has 0 fully saturated rings. The molecule has 1 aromatic carbocycles. The number of aryl methyl sites for hydroxylation is 2. The molecule has 2 rings (SSSR count). The van der Waals surface area contributed by atoms with E-state index in [0.717, 1.165) is 11.0 Å². The summed E-state index contributed by atoms with van der Waals surface area (Å²) < 4.78 is 0. The molecular weight excluding hydrogens is 193 g/mol. The van der Waals surface area contributed by atoms with E-state index in [-0.39, 0.29) is 40.5 Å². The maximum absolute atomic E-state index is 3.98. The zero-order valence-corrected chi connectivity index (χ0v) is 10.5. The van der Waals surface area contributed by atoms with Crippen molar-refractivity contribution in [3.63, 3.8) is 0 Å². The largest absolute Gasteiger partial charge is 1.00 e. The van der Waals surface area contributed by atoms with Gasteiger partial charge in [0.25, 0.3) is 0 Å². The molecule has 0 atom stereocenters. The number of aromatic nitrogens is 3. The van der Waals surface area contributed by atoms with Crippen LogP contribution < -0.4 is 29.6 Å². The number of benzene rings is 1. The predicted molar refractivity (Wildman–Crippen MR) is 48.9 cm³/mol. The molecule has 4 N–H and O–H groups in total. The maximum atomic E-state index is 3.98. The Morgan fingerprint density at radius 3 is 1.71 bits per heavy atom. The molecule has 2 aromatic rings. The van der Waals surface area contributed by atoms with E-state index in [1.165, 1.54) is 11.1 Å².